The SMILES string of the molecule is COc1cccc2c1nc(CCCl)n2N1CCCCC1. The minimum absolute atomic E-state index is 0.583. The van der Waals surface area contributed by atoms with E-state index >= 15 is 0 Å². The summed E-state index contributed by atoms with van der Waals surface area (Å²) >= 11 is 5.95. The van der Waals surface area contributed by atoms with Crippen molar-refractivity contribution < 1.29 is 4.74 Å². The smallest absolute Gasteiger partial charge is 0.146 e. The van der Waals surface area contributed by atoms with Crippen LogP contribution in [0.15, 0.2) is 18.2 Å². The maximum atomic E-state index is 5.95. The second kappa shape index (κ2) is 5.92. The summed E-state index contributed by atoms with van der Waals surface area (Å²) in [5, 5.41) is 2.39. The number of imidazole rings is 1. The van der Waals surface area contributed by atoms with E-state index in [1.807, 2.05) is 12.1 Å². The van der Waals surface area contributed by atoms with Crippen molar-refractivity contribution in [1.29, 1.82) is 0 Å². The number of methoxy groups -OCH3 is 1. The van der Waals surface area contributed by atoms with Gasteiger partial charge >= 0.3 is 0 Å². The zero-order valence-corrected chi connectivity index (χ0v) is 12.6. The summed E-state index contributed by atoms with van der Waals surface area (Å²) < 4.78 is 7.68. The number of hydrogen-bond donors (Lipinski definition) is 0. The number of fused-ring (bicyclic) bond motifs is 1. The van der Waals surface area contributed by atoms with Crippen molar-refractivity contribution in [3.05, 3.63) is 24.0 Å². The number of aromatic nitrogens is 2. The average Bonchev–Trinajstić information content (AvgIpc) is 2.86. The van der Waals surface area contributed by atoms with Crippen molar-refractivity contribution in [2.75, 3.05) is 31.1 Å². The molecule has 5 heteroatoms. The highest BCUT2D eigenvalue weighted by Crippen LogP contribution is 2.27. The summed E-state index contributed by atoms with van der Waals surface area (Å²) in [6.45, 7) is 2.16. The Balaban J connectivity index is 2.13. The predicted octanol–water partition coefficient (Wildman–Crippen LogP) is 2.95. The fraction of sp³-hybridized carbons (Fsp3) is 0.533. The molecule has 0 aliphatic carbocycles. The lowest BCUT2D eigenvalue weighted by atomic mass is 10.2. The third-order valence-electron chi connectivity index (χ3n) is 3.84. The van der Waals surface area contributed by atoms with Gasteiger partial charge in [0.2, 0.25) is 0 Å². The molecule has 1 fully saturated rings. The lowest BCUT2D eigenvalue weighted by Crippen LogP contribution is -2.40. The van der Waals surface area contributed by atoms with Crippen molar-refractivity contribution in [2.24, 2.45) is 0 Å². The van der Waals surface area contributed by atoms with E-state index in [0.29, 0.717) is 5.88 Å². The quantitative estimate of drug-likeness (QED) is 0.812. The summed E-state index contributed by atoms with van der Waals surface area (Å²) in [6, 6.07) is 6.09. The molecule has 0 bridgehead atoms. The molecule has 0 amide bonds. The molecule has 0 atom stereocenters. The molecule has 0 unspecified atom stereocenters. The van der Waals surface area contributed by atoms with E-state index in [1.54, 1.807) is 7.11 Å². The van der Waals surface area contributed by atoms with Gasteiger partial charge in [-0.25, -0.2) is 9.66 Å². The summed E-state index contributed by atoms with van der Waals surface area (Å²) in [5.41, 5.74) is 2.05. The van der Waals surface area contributed by atoms with Crippen molar-refractivity contribution in [3.63, 3.8) is 0 Å². The number of halogens is 1. The Morgan fingerprint density at radius 2 is 2.05 bits per heavy atom. The van der Waals surface area contributed by atoms with Gasteiger partial charge in [-0.1, -0.05) is 6.07 Å². The van der Waals surface area contributed by atoms with E-state index in [0.717, 1.165) is 42.1 Å². The second-order valence-corrected chi connectivity index (χ2v) is 5.50. The molecule has 1 saturated heterocycles. The molecule has 0 N–H and O–H groups in total. The molecule has 3 rings (SSSR count). The fourth-order valence-electron chi connectivity index (χ4n) is 2.91. The van der Waals surface area contributed by atoms with Crippen LogP contribution in [0.1, 0.15) is 25.1 Å². The van der Waals surface area contributed by atoms with E-state index in [-0.39, 0.29) is 0 Å². The zero-order chi connectivity index (χ0) is 13.9. The maximum Gasteiger partial charge on any atom is 0.146 e. The Labute approximate surface area is 124 Å². The molecule has 0 saturated carbocycles. The van der Waals surface area contributed by atoms with E-state index in [4.69, 9.17) is 21.3 Å². The minimum atomic E-state index is 0.583. The van der Waals surface area contributed by atoms with Crippen LogP contribution in [0.3, 0.4) is 0 Å². The molecule has 1 aromatic carbocycles. The third kappa shape index (κ3) is 2.33. The monoisotopic (exact) mass is 293 g/mol. The molecule has 2 aromatic rings. The number of hydrogen-bond acceptors (Lipinski definition) is 3. The summed E-state index contributed by atoms with van der Waals surface area (Å²) in [5.74, 6) is 2.44. The van der Waals surface area contributed by atoms with Crippen molar-refractivity contribution in [1.82, 2.24) is 9.66 Å². The van der Waals surface area contributed by atoms with Gasteiger partial charge in [0.15, 0.2) is 0 Å². The van der Waals surface area contributed by atoms with Gasteiger partial charge in [-0.2, -0.15) is 0 Å². The molecule has 0 spiro atoms. The van der Waals surface area contributed by atoms with Gasteiger partial charge in [0, 0.05) is 25.4 Å². The van der Waals surface area contributed by atoms with Gasteiger partial charge in [-0.3, -0.25) is 0 Å². The number of para-hydroxylation sites is 1. The predicted molar refractivity (Wildman–Crippen MR) is 82.5 cm³/mol. The molecule has 4 nitrogen and oxygen atoms in total. The summed E-state index contributed by atoms with van der Waals surface area (Å²) in [7, 11) is 1.69. The van der Waals surface area contributed by atoms with Crippen molar-refractivity contribution in [3.8, 4) is 5.75 Å². The number of nitrogens with zero attached hydrogens (tertiary/aromatic N) is 3. The van der Waals surface area contributed by atoms with Gasteiger partial charge in [0.25, 0.3) is 0 Å². The topological polar surface area (TPSA) is 30.3 Å². The lowest BCUT2D eigenvalue weighted by Gasteiger charge is -2.31. The molecule has 1 aromatic heterocycles. The Hall–Kier alpha value is -1.42. The molecule has 20 heavy (non-hydrogen) atoms. The first-order valence-electron chi connectivity index (χ1n) is 7.20. The van der Waals surface area contributed by atoms with Crippen LogP contribution >= 0.6 is 11.6 Å². The fourth-order valence-corrected chi connectivity index (χ4v) is 3.08. The van der Waals surface area contributed by atoms with E-state index in [2.05, 4.69) is 15.8 Å². The van der Waals surface area contributed by atoms with Gasteiger partial charge < -0.3 is 9.75 Å². The lowest BCUT2D eigenvalue weighted by molar-refractivity contribution is 0.419. The van der Waals surface area contributed by atoms with Gasteiger partial charge in [-0.05, 0) is 31.4 Å². The van der Waals surface area contributed by atoms with Gasteiger partial charge in [-0.15, -0.1) is 11.6 Å². The number of ether oxygens (including phenoxy) is 1. The van der Waals surface area contributed by atoms with Crippen molar-refractivity contribution in [2.45, 2.75) is 25.7 Å². The van der Waals surface area contributed by atoms with Crippen LogP contribution in [0.2, 0.25) is 0 Å². The number of benzene rings is 1. The molecule has 0 radical (unpaired) electrons. The largest absolute Gasteiger partial charge is 0.494 e. The number of alkyl halides is 1. The minimum Gasteiger partial charge on any atom is -0.494 e. The van der Waals surface area contributed by atoms with E-state index < -0.39 is 0 Å². The summed E-state index contributed by atoms with van der Waals surface area (Å²) in [4.78, 5) is 4.76. The highest BCUT2D eigenvalue weighted by atomic mass is 35.5. The zero-order valence-electron chi connectivity index (χ0n) is 11.8. The second-order valence-electron chi connectivity index (χ2n) is 5.12. The van der Waals surface area contributed by atoms with Gasteiger partial charge in [0.1, 0.15) is 17.1 Å². The molecular weight excluding hydrogens is 274 g/mol. The Morgan fingerprint density at radius 3 is 2.75 bits per heavy atom. The van der Waals surface area contributed by atoms with Crippen LogP contribution in [-0.4, -0.2) is 35.7 Å². The Morgan fingerprint density at radius 1 is 1.25 bits per heavy atom. The third-order valence-corrected chi connectivity index (χ3v) is 4.03. The van der Waals surface area contributed by atoms with Crippen LogP contribution in [0, 0.1) is 0 Å². The molecular formula is C15H20ClN3O. The highest BCUT2D eigenvalue weighted by molar-refractivity contribution is 6.17. The molecule has 1 aliphatic rings. The van der Waals surface area contributed by atoms with Crippen LogP contribution in [-0.2, 0) is 6.42 Å². The maximum absolute atomic E-state index is 5.95. The summed E-state index contributed by atoms with van der Waals surface area (Å²) in [6.07, 6.45) is 4.57. The van der Waals surface area contributed by atoms with E-state index in [9.17, 15) is 0 Å². The first-order valence-corrected chi connectivity index (χ1v) is 7.74. The standard InChI is InChI=1S/C15H20ClN3O/c1-20-13-7-5-6-12-15(13)17-14(8-9-16)19(12)18-10-3-2-4-11-18/h5-7H,2-4,8-11H2,1H3. The first kappa shape index (κ1) is 13.6. The normalized spacial score (nSPS) is 15.8. The highest BCUT2D eigenvalue weighted by Gasteiger charge is 2.19. The van der Waals surface area contributed by atoms with Crippen LogP contribution < -0.4 is 9.75 Å². The number of rotatable bonds is 4. The average molecular weight is 294 g/mol. The van der Waals surface area contributed by atoms with Crippen LogP contribution in [0.25, 0.3) is 11.0 Å². The van der Waals surface area contributed by atoms with Gasteiger partial charge in [0.05, 0.1) is 12.6 Å². The Kier molecular flexibility index (Phi) is 4.01. The van der Waals surface area contributed by atoms with Crippen molar-refractivity contribution >= 4 is 22.6 Å². The van der Waals surface area contributed by atoms with E-state index in [1.165, 1.54) is 19.3 Å². The van der Waals surface area contributed by atoms with Crippen LogP contribution in [0.4, 0.5) is 0 Å². The number of aryl methyl sites for hydroxylation is 1. The number of piperidine rings is 1. The Bertz CT molecular complexity index is 590. The van der Waals surface area contributed by atoms with Crippen LogP contribution in [0.5, 0.6) is 5.75 Å². The molecule has 2 heterocycles. The molecule has 108 valence electrons. The first-order chi connectivity index (χ1) is 9.85. The molecule has 1 aliphatic heterocycles.